The van der Waals surface area contributed by atoms with E-state index < -0.39 is 5.60 Å². The zero-order valence-corrected chi connectivity index (χ0v) is 13.1. The first kappa shape index (κ1) is 15.9. The van der Waals surface area contributed by atoms with Crippen molar-refractivity contribution < 1.29 is 14.6 Å². The summed E-state index contributed by atoms with van der Waals surface area (Å²) in [6, 6.07) is 3.53. The van der Waals surface area contributed by atoms with Gasteiger partial charge in [0, 0.05) is 32.4 Å². The number of carbonyl (C=O) groups excluding carboxylic acids is 1. The summed E-state index contributed by atoms with van der Waals surface area (Å²) in [7, 11) is 0. The second kappa shape index (κ2) is 6.61. The first-order chi connectivity index (χ1) is 11.1. The lowest BCUT2D eigenvalue weighted by molar-refractivity contribution is -0.0213. The van der Waals surface area contributed by atoms with Crippen molar-refractivity contribution in [1.82, 2.24) is 25.0 Å². The van der Waals surface area contributed by atoms with E-state index in [9.17, 15) is 9.90 Å². The van der Waals surface area contributed by atoms with Crippen LogP contribution in [0.15, 0.2) is 24.5 Å². The Kier molecular flexibility index (Phi) is 4.56. The van der Waals surface area contributed by atoms with Crippen molar-refractivity contribution in [3.63, 3.8) is 0 Å². The Balaban J connectivity index is 1.59. The predicted molar refractivity (Wildman–Crippen MR) is 83.2 cm³/mol. The molecule has 3 rings (SSSR count). The number of ether oxygens (including phenoxy) is 1. The highest BCUT2D eigenvalue weighted by Crippen LogP contribution is 2.10. The minimum Gasteiger partial charge on any atom is -0.387 e. The van der Waals surface area contributed by atoms with E-state index >= 15 is 0 Å². The number of nitrogens with zero attached hydrogens (tertiary/aromatic N) is 4. The van der Waals surface area contributed by atoms with Crippen molar-refractivity contribution in [2.45, 2.75) is 12.5 Å². The summed E-state index contributed by atoms with van der Waals surface area (Å²) in [5, 5.41) is 21.3. The molecule has 124 valence electrons. The van der Waals surface area contributed by atoms with Gasteiger partial charge >= 0.3 is 0 Å². The molecule has 0 bridgehead atoms. The van der Waals surface area contributed by atoms with Gasteiger partial charge in [0.05, 0.1) is 30.6 Å². The number of amides is 1. The molecule has 1 aliphatic heterocycles. The molecule has 1 saturated heterocycles. The number of rotatable bonds is 5. The van der Waals surface area contributed by atoms with Crippen LogP contribution in [0.25, 0.3) is 5.52 Å². The number of fused-ring (bicyclic) bond motifs is 1. The summed E-state index contributed by atoms with van der Waals surface area (Å²) in [6.07, 6.45) is 3.09. The highest BCUT2D eigenvalue weighted by atomic mass is 16.5. The van der Waals surface area contributed by atoms with Gasteiger partial charge < -0.3 is 15.2 Å². The quantitative estimate of drug-likeness (QED) is 0.775. The van der Waals surface area contributed by atoms with Crippen molar-refractivity contribution >= 4 is 11.4 Å². The molecule has 3 heterocycles. The van der Waals surface area contributed by atoms with Crippen LogP contribution in [-0.2, 0) is 4.74 Å². The van der Waals surface area contributed by atoms with Crippen molar-refractivity contribution in [3.8, 4) is 0 Å². The SMILES string of the molecule is CC(O)(CNC(=O)c1cnn2ncccc12)CN1CCOCC1. The molecule has 0 spiro atoms. The molecule has 0 radical (unpaired) electrons. The predicted octanol–water partition coefficient (Wildman–Crippen LogP) is -0.458. The summed E-state index contributed by atoms with van der Waals surface area (Å²) in [6.45, 7) is 5.33. The van der Waals surface area contributed by atoms with Gasteiger partial charge in [-0.05, 0) is 19.1 Å². The third-order valence-corrected chi connectivity index (χ3v) is 3.85. The maximum atomic E-state index is 12.3. The summed E-state index contributed by atoms with van der Waals surface area (Å²) in [4.78, 5) is 14.5. The molecule has 8 nitrogen and oxygen atoms in total. The standard InChI is InChI=1S/C15H21N5O3/c1-15(22,11-19-5-7-23-8-6-19)10-16-14(21)12-9-18-20-13(12)3-2-4-17-20/h2-4,9,22H,5-8,10-11H2,1H3,(H,16,21). The number of hydrogen-bond donors (Lipinski definition) is 2. The lowest BCUT2D eigenvalue weighted by Crippen LogP contribution is -2.51. The number of nitrogens with one attached hydrogen (secondary N) is 1. The number of aliphatic hydroxyl groups is 1. The first-order valence-electron chi connectivity index (χ1n) is 7.65. The number of β-amino-alcohol motifs (C(OH)–C–C–N with tert-alkyl or cyclic N) is 1. The Bertz CT molecular complexity index is 679. The fraction of sp³-hybridized carbons (Fsp3) is 0.533. The van der Waals surface area contributed by atoms with Gasteiger partial charge in [-0.15, -0.1) is 0 Å². The van der Waals surface area contributed by atoms with Gasteiger partial charge in [0.15, 0.2) is 0 Å². The lowest BCUT2D eigenvalue weighted by atomic mass is 10.1. The van der Waals surface area contributed by atoms with Gasteiger partial charge in [0.2, 0.25) is 0 Å². The van der Waals surface area contributed by atoms with Crippen LogP contribution in [0.1, 0.15) is 17.3 Å². The summed E-state index contributed by atoms with van der Waals surface area (Å²) in [5.74, 6) is -0.268. The Morgan fingerprint density at radius 3 is 3.00 bits per heavy atom. The molecule has 1 fully saturated rings. The molecular weight excluding hydrogens is 298 g/mol. The average molecular weight is 319 g/mol. The molecule has 2 N–H and O–H groups in total. The third kappa shape index (κ3) is 3.84. The van der Waals surface area contributed by atoms with Crippen molar-refractivity contribution in [1.29, 1.82) is 0 Å². The Labute approximate surface area is 134 Å². The van der Waals surface area contributed by atoms with Crippen molar-refractivity contribution in [2.75, 3.05) is 39.4 Å². The van der Waals surface area contributed by atoms with Crippen molar-refractivity contribution in [3.05, 3.63) is 30.1 Å². The van der Waals surface area contributed by atoms with Crippen LogP contribution in [0.2, 0.25) is 0 Å². The van der Waals surface area contributed by atoms with Crippen LogP contribution in [-0.4, -0.2) is 75.7 Å². The van der Waals surface area contributed by atoms with Gasteiger partial charge in [-0.1, -0.05) is 0 Å². The Morgan fingerprint density at radius 1 is 1.43 bits per heavy atom. The molecule has 23 heavy (non-hydrogen) atoms. The number of carbonyl (C=O) groups is 1. The van der Waals surface area contributed by atoms with Gasteiger partial charge in [-0.3, -0.25) is 9.69 Å². The highest BCUT2D eigenvalue weighted by Gasteiger charge is 2.26. The molecule has 2 aromatic heterocycles. The molecule has 1 aliphatic rings. The fourth-order valence-electron chi connectivity index (χ4n) is 2.67. The molecule has 8 heteroatoms. The topological polar surface area (TPSA) is 92.0 Å². The molecule has 1 atom stereocenters. The molecular formula is C15H21N5O3. The largest absolute Gasteiger partial charge is 0.387 e. The van der Waals surface area contributed by atoms with E-state index in [0.29, 0.717) is 30.8 Å². The molecule has 1 amide bonds. The molecule has 0 saturated carbocycles. The summed E-state index contributed by atoms with van der Waals surface area (Å²) in [5.41, 5.74) is 0.0758. The number of morpholine rings is 1. The van der Waals surface area contributed by atoms with Crippen LogP contribution in [0.5, 0.6) is 0 Å². The van der Waals surface area contributed by atoms with E-state index in [1.807, 2.05) is 0 Å². The third-order valence-electron chi connectivity index (χ3n) is 3.85. The van der Waals surface area contributed by atoms with Crippen LogP contribution in [0, 0.1) is 0 Å². The van der Waals surface area contributed by atoms with E-state index in [1.165, 1.54) is 10.8 Å². The lowest BCUT2D eigenvalue weighted by Gasteiger charge is -2.33. The van der Waals surface area contributed by atoms with Crippen LogP contribution >= 0.6 is 0 Å². The van der Waals surface area contributed by atoms with E-state index in [0.717, 1.165) is 13.1 Å². The maximum Gasteiger partial charge on any atom is 0.255 e. The smallest absolute Gasteiger partial charge is 0.255 e. The molecule has 1 unspecified atom stereocenters. The second-order valence-electron chi connectivity index (χ2n) is 6.02. The van der Waals surface area contributed by atoms with E-state index in [1.54, 1.807) is 25.3 Å². The summed E-state index contributed by atoms with van der Waals surface area (Å²) >= 11 is 0. The normalized spacial score (nSPS) is 18.7. The van der Waals surface area contributed by atoms with E-state index in [-0.39, 0.29) is 12.5 Å². The van der Waals surface area contributed by atoms with E-state index in [4.69, 9.17) is 4.74 Å². The first-order valence-corrected chi connectivity index (χ1v) is 7.65. The van der Waals surface area contributed by atoms with Gasteiger partial charge in [0.25, 0.3) is 5.91 Å². The van der Waals surface area contributed by atoms with Crippen molar-refractivity contribution in [2.24, 2.45) is 0 Å². The zero-order valence-electron chi connectivity index (χ0n) is 13.1. The maximum absolute atomic E-state index is 12.3. The van der Waals surface area contributed by atoms with Gasteiger partial charge in [-0.2, -0.15) is 14.8 Å². The average Bonchev–Trinajstić information content (AvgIpc) is 2.97. The number of hydrogen-bond acceptors (Lipinski definition) is 6. The van der Waals surface area contributed by atoms with Crippen LogP contribution in [0.3, 0.4) is 0 Å². The minimum atomic E-state index is -1.01. The fourth-order valence-corrected chi connectivity index (χ4v) is 2.67. The van der Waals surface area contributed by atoms with Crippen LogP contribution in [0.4, 0.5) is 0 Å². The van der Waals surface area contributed by atoms with Gasteiger partial charge in [0.1, 0.15) is 5.52 Å². The molecule has 2 aromatic rings. The molecule has 0 aliphatic carbocycles. The Morgan fingerprint density at radius 2 is 2.22 bits per heavy atom. The zero-order chi connectivity index (χ0) is 16.3. The Hall–Kier alpha value is -2.03. The number of aromatic nitrogens is 3. The minimum absolute atomic E-state index is 0.167. The molecule has 0 aromatic carbocycles. The second-order valence-corrected chi connectivity index (χ2v) is 6.02. The van der Waals surface area contributed by atoms with E-state index in [2.05, 4.69) is 20.4 Å². The van der Waals surface area contributed by atoms with Crippen LogP contribution < -0.4 is 5.32 Å². The summed E-state index contributed by atoms with van der Waals surface area (Å²) < 4.78 is 6.70. The van der Waals surface area contributed by atoms with Gasteiger partial charge in [-0.25, -0.2) is 0 Å². The highest BCUT2D eigenvalue weighted by molar-refractivity contribution is 6.00. The monoisotopic (exact) mass is 319 g/mol.